The van der Waals surface area contributed by atoms with Crippen LogP contribution in [0.5, 0.6) is 0 Å². The van der Waals surface area contributed by atoms with Gasteiger partial charge in [0.1, 0.15) is 0 Å². The van der Waals surface area contributed by atoms with Crippen LogP contribution in [0.15, 0.2) is 30.3 Å². The largest absolute Gasteiger partial charge is 0.378 e. The minimum Gasteiger partial charge on any atom is -0.378 e. The molecule has 1 unspecified atom stereocenters. The lowest BCUT2D eigenvalue weighted by atomic mass is 10.1. The van der Waals surface area contributed by atoms with Crippen LogP contribution in [-0.2, 0) is 11.2 Å². The number of hydrogen-bond donors (Lipinski definition) is 0. The molecule has 0 heterocycles. The topological polar surface area (TPSA) is 9.23 Å². The van der Waals surface area contributed by atoms with E-state index < -0.39 is 0 Å². The molecule has 0 saturated carbocycles. The molecule has 0 bridgehead atoms. The number of ether oxygens (including phenoxy) is 1. The molecule has 1 radical (unpaired) electrons. The molecule has 71 valence electrons. The summed E-state index contributed by atoms with van der Waals surface area (Å²) >= 11 is 0. The summed E-state index contributed by atoms with van der Waals surface area (Å²) in [6.07, 6.45) is 2.18. The van der Waals surface area contributed by atoms with Crippen LogP contribution in [0, 0.1) is 6.92 Å². The van der Waals surface area contributed by atoms with Crippen molar-refractivity contribution in [2.75, 3.05) is 6.61 Å². The first-order chi connectivity index (χ1) is 6.33. The van der Waals surface area contributed by atoms with Gasteiger partial charge in [-0.2, -0.15) is 0 Å². The average Bonchev–Trinajstić information content (AvgIpc) is 2.17. The van der Waals surface area contributed by atoms with Crippen LogP contribution in [-0.4, -0.2) is 12.7 Å². The summed E-state index contributed by atoms with van der Waals surface area (Å²) < 4.78 is 5.35. The van der Waals surface area contributed by atoms with E-state index in [9.17, 15) is 0 Å². The van der Waals surface area contributed by atoms with E-state index in [4.69, 9.17) is 4.74 Å². The van der Waals surface area contributed by atoms with Crippen molar-refractivity contribution < 1.29 is 4.74 Å². The van der Waals surface area contributed by atoms with Crippen molar-refractivity contribution in [1.29, 1.82) is 0 Å². The molecule has 1 heteroatoms. The molecule has 0 amide bonds. The Morgan fingerprint density at radius 1 is 1.31 bits per heavy atom. The van der Waals surface area contributed by atoms with Crippen LogP contribution in [0.3, 0.4) is 0 Å². The van der Waals surface area contributed by atoms with Crippen molar-refractivity contribution in [3.8, 4) is 0 Å². The zero-order valence-corrected chi connectivity index (χ0v) is 8.20. The van der Waals surface area contributed by atoms with Crippen LogP contribution < -0.4 is 0 Å². The van der Waals surface area contributed by atoms with Gasteiger partial charge in [0.15, 0.2) is 0 Å². The summed E-state index contributed by atoms with van der Waals surface area (Å²) in [5, 5.41) is 0. The molecule has 13 heavy (non-hydrogen) atoms. The number of aryl methyl sites for hydroxylation is 1. The number of benzene rings is 1. The molecule has 1 aromatic carbocycles. The molecule has 0 saturated heterocycles. The van der Waals surface area contributed by atoms with Crippen LogP contribution in [0.2, 0.25) is 0 Å². The van der Waals surface area contributed by atoms with Gasteiger partial charge >= 0.3 is 0 Å². The van der Waals surface area contributed by atoms with Gasteiger partial charge in [0.25, 0.3) is 0 Å². The van der Waals surface area contributed by atoms with Gasteiger partial charge in [-0.1, -0.05) is 30.3 Å². The summed E-state index contributed by atoms with van der Waals surface area (Å²) in [5.41, 5.74) is 1.36. The Kier molecular flexibility index (Phi) is 4.55. The standard InChI is InChI=1S/C12H17O/c1-3-13-11(2)9-10-12-7-5-4-6-8-12/h4-8,11H,2-3,9-10H2,1H3. The lowest BCUT2D eigenvalue weighted by Gasteiger charge is -2.10. The molecule has 0 aliphatic carbocycles. The van der Waals surface area contributed by atoms with E-state index in [0.717, 1.165) is 19.4 Å². The third-order valence-corrected chi connectivity index (χ3v) is 2.00. The molecule has 1 rings (SSSR count). The highest BCUT2D eigenvalue weighted by Gasteiger charge is 2.00. The fourth-order valence-corrected chi connectivity index (χ4v) is 1.29. The van der Waals surface area contributed by atoms with Crippen molar-refractivity contribution in [3.05, 3.63) is 42.8 Å². The summed E-state index contributed by atoms with van der Waals surface area (Å²) in [6, 6.07) is 10.4. The number of rotatable bonds is 5. The molecule has 0 spiro atoms. The minimum atomic E-state index is 0.130. The molecule has 0 N–H and O–H groups in total. The summed E-state index contributed by atoms with van der Waals surface area (Å²) in [6.45, 7) is 6.67. The maximum Gasteiger partial charge on any atom is 0.0579 e. The highest BCUT2D eigenvalue weighted by molar-refractivity contribution is 5.14. The van der Waals surface area contributed by atoms with Gasteiger partial charge < -0.3 is 4.74 Å². The van der Waals surface area contributed by atoms with Crippen molar-refractivity contribution in [2.45, 2.75) is 25.9 Å². The van der Waals surface area contributed by atoms with E-state index in [0.29, 0.717) is 0 Å². The second-order valence-electron chi connectivity index (χ2n) is 3.10. The third kappa shape index (κ3) is 4.09. The van der Waals surface area contributed by atoms with E-state index in [1.807, 2.05) is 13.0 Å². The Morgan fingerprint density at radius 3 is 2.62 bits per heavy atom. The second-order valence-corrected chi connectivity index (χ2v) is 3.10. The van der Waals surface area contributed by atoms with Crippen molar-refractivity contribution in [1.82, 2.24) is 0 Å². The first kappa shape index (κ1) is 10.3. The molecule has 0 fully saturated rings. The Bertz CT molecular complexity index is 218. The van der Waals surface area contributed by atoms with Gasteiger partial charge in [-0.15, -0.1) is 0 Å². The van der Waals surface area contributed by atoms with Crippen LogP contribution >= 0.6 is 0 Å². The molecule has 0 aromatic heterocycles. The van der Waals surface area contributed by atoms with E-state index >= 15 is 0 Å². The van der Waals surface area contributed by atoms with Crippen molar-refractivity contribution in [2.24, 2.45) is 0 Å². The zero-order valence-electron chi connectivity index (χ0n) is 8.20. The van der Waals surface area contributed by atoms with Crippen LogP contribution in [0.25, 0.3) is 0 Å². The second kappa shape index (κ2) is 5.76. The third-order valence-electron chi connectivity index (χ3n) is 2.00. The summed E-state index contributed by atoms with van der Waals surface area (Å²) in [4.78, 5) is 0. The van der Waals surface area contributed by atoms with E-state index in [1.54, 1.807) is 0 Å². The molecule has 0 aliphatic heterocycles. The maximum absolute atomic E-state index is 5.35. The first-order valence-electron chi connectivity index (χ1n) is 4.81. The first-order valence-corrected chi connectivity index (χ1v) is 4.81. The highest BCUT2D eigenvalue weighted by atomic mass is 16.5. The summed E-state index contributed by atoms with van der Waals surface area (Å²) in [7, 11) is 0. The SMILES string of the molecule is [CH2]C(CCc1ccccc1)OCC. The predicted molar refractivity (Wildman–Crippen MR) is 55.5 cm³/mol. The summed E-state index contributed by atoms with van der Waals surface area (Å²) in [5.74, 6) is 0. The Hall–Kier alpha value is -0.820. The fourth-order valence-electron chi connectivity index (χ4n) is 1.29. The fraction of sp³-hybridized carbons (Fsp3) is 0.417. The van der Waals surface area contributed by atoms with Gasteiger partial charge in [-0.3, -0.25) is 0 Å². The molecule has 1 nitrogen and oxygen atoms in total. The van der Waals surface area contributed by atoms with E-state index in [1.165, 1.54) is 5.56 Å². The normalized spacial score (nSPS) is 12.8. The lowest BCUT2D eigenvalue weighted by molar-refractivity contribution is 0.0886. The van der Waals surface area contributed by atoms with E-state index in [-0.39, 0.29) is 6.10 Å². The number of hydrogen-bond acceptors (Lipinski definition) is 1. The lowest BCUT2D eigenvalue weighted by Crippen LogP contribution is -2.09. The quantitative estimate of drug-likeness (QED) is 0.672. The van der Waals surface area contributed by atoms with Gasteiger partial charge in [-0.25, -0.2) is 0 Å². The molecular formula is C12H17O. The van der Waals surface area contributed by atoms with Gasteiger partial charge in [0.2, 0.25) is 0 Å². The molecule has 0 aliphatic rings. The molecular weight excluding hydrogens is 160 g/mol. The average molecular weight is 177 g/mol. The maximum atomic E-state index is 5.35. The predicted octanol–water partition coefficient (Wildman–Crippen LogP) is 2.86. The Labute approximate surface area is 80.7 Å². The van der Waals surface area contributed by atoms with Gasteiger partial charge in [-0.05, 0) is 32.3 Å². The smallest absolute Gasteiger partial charge is 0.0579 e. The Morgan fingerprint density at radius 2 is 2.00 bits per heavy atom. The molecule has 1 atom stereocenters. The van der Waals surface area contributed by atoms with Crippen LogP contribution in [0.1, 0.15) is 18.9 Å². The van der Waals surface area contributed by atoms with Crippen LogP contribution in [0.4, 0.5) is 0 Å². The van der Waals surface area contributed by atoms with Crippen molar-refractivity contribution in [3.63, 3.8) is 0 Å². The monoisotopic (exact) mass is 177 g/mol. The van der Waals surface area contributed by atoms with Crippen molar-refractivity contribution >= 4 is 0 Å². The highest BCUT2D eigenvalue weighted by Crippen LogP contribution is 2.06. The van der Waals surface area contributed by atoms with Gasteiger partial charge in [0.05, 0.1) is 6.10 Å². The zero-order chi connectivity index (χ0) is 9.52. The molecule has 1 aromatic rings. The van der Waals surface area contributed by atoms with Gasteiger partial charge in [0, 0.05) is 6.61 Å². The van der Waals surface area contributed by atoms with E-state index in [2.05, 4.69) is 31.2 Å². The Balaban J connectivity index is 2.27. The minimum absolute atomic E-state index is 0.130.